The maximum absolute atomic E-state index is 5.54. The summed E-state index contributed by atoms with van der Waals surface area (Å²) in [4.78, 5) is 41.9. The summed E-state index contributed by atoms with van der Waals surface area (Å²) in [5, 5.41) is 0. The third kappa shape index (κ3) is 11.5. The van der Waals surface area contributed by atoms with Crippen LogP contribution in [0.4, 0.5) is 68.2 Å². The molecule has 17 aromatic rings. The van der Waals surface area contributed by atoms with E-state index >= 15 is 0 Å². The smallest absolute Gasteiger partial charge is 0.0973 e. The highest BCUT2D eigenvalue weighted by molar-refractivity contribution is 6.01. The fraction of sp³-hybridized carbons (Fsp3) is 0. The molecule has 10 heteroatoms. The molecule has 0 aliphatic rings. The zero-order chi connectivity index (χ0) is 65.1. The molecule has 10 nitrogen and oxygen atoms in total. The highest BCUT2D eigenvalue weighted by atomic mass is 15.2. The lowest BCUT2D eigenvalue weighted by atomic mass is 10.0. The highest BCUT2D eigenvalue weighted by Gasteiger charge is 2.23. The molecular weight excluding hydrogens is 1200 g/mol. The van der Waals surface area contributed by atoms with Crippen molar-refractivity contribution in [3.63, 3.8) is 0 Å². The number of aromatic nitrogens is 6. The average Bonchev–Trinajstić information content (AvgIpc) is 0.752. The quantitative estimate of drug-likeness (QED) is 0.0871. The van der Waals surface area contributed by atoms with Gasteiger partial charge >= 0.3 is 0 Å². The number of fused-ring (bicyclic) bond motifs is 4. The normalized spacial score (nSPS) is 11.3. The predicted molar refractivity (Wildman–Crippen MR) is 404 cm³/mol. The van der Waals surface area contributed by atoms with Crippen LogP contribution in [0.3, 0.4) is 0 Å². The molecule has 0 atom stereocenters. The zero-order valence-corrected chi connectivity index (χ0v) is 53.1. The number of nitrogens with zero attached hydrogens (tertiary/aromatic N) is 10. The van der Waals surface area contributed by atoms with E-state index in [4.69, 9.17) is 29.9 Å². The Morgan fingerprint density at radius 2 is 0.265 bits per heavy atom. The van der Waals surface area contributed by atoms with E-state index in [1.165, 1.54) is 0 Å². The minimum atomic E-state index is 0.683. The molecule has 98 heavy (non-hydrogen) atoms. The Hall–Kier alpha value is -13.4. The molecule has 0 aliphatic heterocycles. The molecule has 0 aliphatic carbocycles. The lowest BCUT2D eigenvalue weighted by Gasteiger charge is -2.26. The van der Waals surface area contributed by atoms with Crippen molar-refractivity contribution in [2.24, 2.45) is 0 Å². The summed E-state index contributed by atoms with van der Waals surface area (Å²) in [6, 6.07) is 126. The average molecular weight is 1260 g/mol. The molecule has 0 N–H and O–H groups in total. The van der Waals surface area contributed by atoms with Crippen molar-refractivity contribution in [1.82, 2.24) is 29.9 Å². The monoisotopic (exact) mass is 1260 g/mol. The van der Waals surface area contributed by atoms with Gasteiger partial charge in [-0.3, -0.25) is 0 Å². The summed E-state index contributed by atoms with van der Waals surface area (Å²) in [7, 11) is 0. The minimum Gasteiger partial charge on any atom is -0.311 e. The lowest BCUT2D eigenvalue weighted by Crippen LogP contribution is -2.09. The number of hydrogen-bond acceptors (Lipinski definition) is 10. The fourth-order valence-corrected chi connectivity index (χ4v) is 13.1. The number of para-hydroxylation sites is 8. The van der Waals surface area contributed by atoms with Crippen molar-refractivity contribution in [2.45, 2.75) is 0 Å². The zero-order valence-electron chi connectivity index (χ0n) is 53.1. The van der Waals surface area contributed by atoms with Crippen LogP contribution in [0, 0.1) is 0 Å². The molecule has 3 aromatic heterocycles. The van der Waals surface area contributed by atoms with Crippen molar-refractivity contribution in [3.05, 3.63) is 364 Å². The van der Waals surface area contributed by atoms with E-state index in [1.54, 1.807) is 0 Å². The van der Waals surface area contributed by atoms with Crippen LogP contribution in [0.25, 0.3) is 89.2 Å². The van der Waals surface area contributed by atoms with E-state index in [2.05, 4.69) is 311 Å². The number of rotatable bonds is 16. The number of hydrogen-bond donors (Lipinski definition) is 0. The van der Waals surface area contributed by atoms with Gasteiger partial charge in [-0.25, -0.2) is 29.9 Å². The molecule has 3 heterocycles. The topological polar surface area (TPSA) is 90.3 Å². The van der Waals surface area contributed by atoms with Gasteiger partial charge in [-0.2, -0.15) is 0 Å². The fourth-order valence-electron chi connectivity index (χ4n) is 13.1. The Balaban J connectivity index is 0.796. The standard InChI is InChI=1S/C88H60N10/c1-9-25-65(26-10-1)95(66-27-11-2-12-28-66)73-49-41-61(42-50-73)85-86(62-43-51-74(52-44-62)96(67-29-13-3-14-30-67)68-31-15-4-16-32-68)92-82-58-78-77(57-81(82)91-85)89-79-59-83-84(60-80(79)90-78)94-88(64-47-55-76(56-48-64)98(71-37-21-7-22-38-71)72-39-23-8-24-40-72)87(93-83)63-45-53-75(54-46-63)97(69-33-17-5-18-34-69)70-35-19-6-20-36-70/h1-60H. The first-order valence-electron chi connectivity index (χ1n) is 32.7. The maximum Gasteiger partial charge on any atom is 0.0973 e. The first-order valence-corrected chi connectivity index (χ1v) is 32.7. The van der Waals surface area contributed by atoms with Crippen molar-refractivity contribution in [1.29, 1.82) is 0 Å². The molecule has 0 saturated carbocycles. The summed E-state index contributed by atoms with van der Waals surface area (Å²) in [6.45, 7) is 0. The second-order valence-corrected chi connectivity index (χ2v) is 23.9. The van der Waals surface area contributed by atoms with Gasteiger partial charge in [-0.05, 0) is 170 Å². The van der Waals surface area contributed by atoms with Crippen molar-refractivity contribution >= 4 is 112 Å². The summed E-state index contributed by atoms with van der Waals surface area (Å²) in [6.07, 6.45) is 0. The Bertz CT molecular complexity index is 4770. The van der Waals surface area contributed by atoms with E-state index < -0.39 is 0 Å². The van der Waals surface area contributed by atoms with Crippen molar-refractivity contribution in [3.8, 4) is 45.0 Å². The molecule has 0 spiro atoms. The molecule has 0 bridgehead atoms. The van der Waals surface area contributed by atoms with Gasteiger partial charge in [0, 0.05) is 90.5 Å². The first-order chi connectivity index (χ1) is 48.6. The van der Waals surface area contributed by atoms with Crippen LogP contribution in [0.2, 0.25) is 0 Å². The van der Waals surface area contributed by atoms with Gasteiger partial charge in [0.25, 0.3) is 0 Å². The summed E-state index contributed by atoms with van der Waals surface area (Å²) in [5.41, 5.74) is 24.6. The molecule has 0 amide bonds. The van der Waals surface area contributed by atoms with E-state index in [1.807, 2.05) is 72.8 Å². The molecule has 0 saturated heterocycles. The predicted octanol–water partition coefficient (Wildman–Crippen LogP) is 23.2. The van der Waals surface area contributed by atoms with Crippen LogP contribution in [0.1, 0.15) is 0 Å². The Morgan fingerprint density at radius 3 is 0.418 bits per heavy atom. The molecular formula is C88H60N10. The van der Waals surface area contributed by atoms with Gasteiger partial charge in [0.15, 0.2) is 0 Å². The van der Waals surface area contributed by atoms with Crippen LogP contribution in [0.15, 0.2) is 364 Å². The highest BCUT2D eigenvalue weighted by Crippen LogP contribution is 2.43. The summed E-state index contributed by atoms with van der Waals surface area (Å²) < 4.78 is 0. The third-order valence-electron chi connectivity index (χ3n) is 17.7. The van der Waals surface area contributed by atoms with Gasteiger partial charge in [-0.1, -0.05) is 194 Å². The lowest BCUT2D eigenvalue weighted by molar-refractivity contribution is 1.26. The number of benzene rings is 14. The van der Waals surface area contributed by atoms with Crippen LogP contribution < -0.4 is 19.6 Å². The van der Waals surface area contributed by atoms with Gasteiger partial charge in [0.2, 0.25) is 0 Å². The molecule has 0 radical (unpaired) electrons. The SMILES string of the molecule is c1ccc(N(c2ccccc2)c2ccc(-c3nc4cc5nc6cc7nc(-c8ccc(N(c9ccccc9)c9ccccc9)cc8)c(-c8ccc(N(c9ccccc9)c9ccccc9)cc8)nc7cc6nc5cc4nc3-c3ccc(N(c4ccccc4)c4ccccc4)cc3)cc2)cc1. The Labute approximate surface area is 567 Å². The van der Waals surface area contributed by atoms with Crippen LogP contribution in [0.5, 0.6) is 0 Å². The third-order valence-corrected chi connectivity index (χ3v) is 17.7. The van der Waals surface area contributed by atoms with Gasteiger partial charge in [-0.15, -0.1) is 0 Å². The second kappa shape index (κ2) is 25.8. The van der Waals surface area contributed by atoms with E-state index in [9.17, 15) is 0 Å². The summed E-state index contributed by atoms with van der Waals surface area (Å²) in [5.74, 6) is 0. The van der Waals surface area contributed by atoms with E-state index in [0.29, 0.717) is 44.1 Å². The van der Waals surface area contributed by atoms with Crippen LogP contribution in [-0.2, 0) is 0 Å². The molecule has 0 unspecified atom stereocenters. The summed E-state index contributed by atoms with van der Waals surface area (Å²) >= 11 is 0. The van der Waals surface area contributed by atoms with E-state index in [0.717, 1.165) is 113 Å². The van der Waals surface area contributed by atoms with E-state index in [-0.39, 0.29) is 0 Å². The van der Waals surface area contributed by atoms with Crippen LogP contribution in [-0.4, -0.2) is 29.9 Å². The largest absolute Gasteiger partial charge is 0.311 e. The van der Waals surface area contributed by atoms with Gasteiger partial charge < -0.3 is 19.6 Å². The number of anilines is 12. The minimum absolute atomic E-state index is 0.683. The van der Waals surface area contributed by atoms with Crippen LogP contribution >= 0.6 is 0 Å². The van der Waals surface area contributed by atoms with Gasteiger partial charge in [0.1, 0.15) is 0 Å². The van der Waals surface area contributed by atoms with Crippen molar-refractivity contribution in [2.75, 3.05) is 19.6 Å². The Morgan fingerprint density at radius 1 is 0.133 bits per heavy atom. The second-order valence-electron chi connectivity index (χ2n) is 23.9. The molecule has 17 rings (SSSR count). The van der Waals surface area contributed by atoms with Gasteiger partial charge in [0.05, 0.1) is 66.9 Å². The Kier molecular flexibility index (Phi) is 15.4. The van der Waals surface area contributed by atoms with Crippen molar-refractivity contribution < 1.29 is 0 Å². The molecule has 0 fully saturated rings. The maximum atomic E-state index is 5.54. The molecule has 14 aromatic carbocycles. The molecule has 462 valence electrons. The first kappa shape index (κ1) is 58.4.